The van der Waals surface area contributed by atoms with Crippen molar-refractivity contribution < 1.29 is 14.3 Å². The molecule has 6 heteroatoms. The van der Waals surface area contributed by atoms with Crippen LogP contribution < -0.4 is 15.4 Å². The van der Waals surface area contributed by atoms with Crippen molar-refractivity contribution in [2.24, 2.45) is 0 Å². The molecule has 0 saturated heterocycles. The number of carbonyl (C=O) groups is 2. The summed E-state index contributed by atoms with van der Waals surface area (Å²) in [6, 6.07) is 25.1. The molecule has 0 bridgehead atoms. The molecule has 0 atom stereocenters. The number of amides is 2. The van der Waals surface area contributed by atoms with Gasteiger partial charge in [0, 0.05) is 17.3 Å². The Morgan fingerprint density at radius 3 is 2.26 bits per heavy atom. The molecule has 0 heterocycles. The number of hydrogen-bond donors (Lipinski definition) is 2. The second-order valence-electron chi connectivity index (χ2n) is 6.83. The van der Waals surface area contributed by atoms with Crippen LogP contribution in [0, 0.1) is 0 Å². The number of halogens is 1. The van der Waals surface area contributed by atoms with Crippen molar-refractivity contribution in [1.29, 1.82) is 0 Å². The van der Waals surface area contributed by atoms with Gasteiger partial charge in [0.1, 0.15) is 5.75 Å². The van der Waals surface area contributed by atoms with Gasteiger partial charge in [-0.25, -0.2) is 0 Å². The van der Waals surface area contributed by atoms with E-state index in [1.807, 2.05) is 36.4 Å². The zero-order chi connectivity index (χ0) is 21.8. The van der Waals surface area contributed by atoms with Crippen LogP contribution in [0.3, 0.4) is 0 Å². The van der Waals surface area contributed by atoms with Crippen molar-refractivity contribution in [2.45, 2.75) is 0 Å². The fraction of sp³-hybridized carbons (Fsp3) is 0.0400. The van der Waals surface area contributed by atoms with Crippen molar-refractivity contribution in [2.75, 3.05) is 17.7 Å². The van der Waals surface area contributed by atoms with E-state index in [1.54, 1.807) is 48.5 Å². The highest BCUT2D eigenvalue weighted by Crippen LogP contribution is 2.30. The summed E-state index contributed by atoms with van der Waals surface area (Å²) in [6.45, 7) is 0. The third-order valence-corrected chi connectivity index (χ3v) is 5.19. The summed E-state index contributed by atoms with van der Waals surface area (Å²) in [5, 5.41) is 7.91. The minimum atomic E-state index is -0.351. The van der Waals surface area contributed by atoms with Crippen molar-refractivity contribution in [3.8, 4) is 5.75 Å². The lowest BCUT2D eigenvalue weighted by atomic mass is 10.0. The van der Waals surface area contributed by atoms with Crippen LogP contribution >= 0.6 is 11.6 Å². The van der Waals surface area contributed by atoms with E-state index in [9.17, 15) is 9.59 Å². The fourth-order valence-electron chi connectivity index (χ4n) is 3.33. The molecule has 0 spiro atoms. The number of rotatable bonds is 5. The Hall–Kier alpha value is -3.83. The van der Waals surface area contributed by atoms with Gasteiger partial charge in [-0.15, -0.1) is 0 Å². The second-order valence-corrected chi connectivity index (χ2v) is 7.24. The summed E-state index contributed by atoms with van der Waals surface area (Å²) >= 11 is 6.10. The molecular weight excluding hydrogens is 412 g/mol. The van der Waals surface area contributed by atoms with Crippen LogP contribution in [0.15, 0.2) is 84.9 Å². The van der Waals surface area contributed by atoms with Crippen LogP contribution in [0.25, 0.3) is 10.8 Å². The molecule has 0 aliphatic rings. The summed E-state index contributed by atoms with van der Waals surface area (Å²) in [5.41, 5.74) is 1.95. The minimum Gasteiger partial charge on any atom is -0.494 e. The predicted octanol–water partition coefficient (Wildman–Crippen LogP) is 6.01. The summed E-state index contributed by atoms with van der Waals surface area (Å²) in [4.78, 5) is 25.4. The zero-order valence-electron chi connectivity index (χ0n) is 16.7. The molecule has 0 aromatic heterocycles. The van der Waals surface area contributed by atoms with E-state index in [4.69, 9.17) is 16.3 Å². The van der Waals surface area contributed by atoms with Crippen LogP contribution in [-0.2, 0) is 0 Å². The first-order valence-electron chi connectivity index (χ1n) is 9.60. The lowest BCUT2D eigenvalue weighted by molar-refractivity contribution is 0.101. The Labute approximate surface area is 184 Å². The van der Waals surface area contributed by atoms with Gasteiger partial charge in [-0.1, -0.05) is 60.1 Å². The molecule has 4 aromatic carbocycles. The number of methoxy groups -OCH3 is 1. The molecule has 0 radical (unpaired) electrons. The smallest absolute Gasteiger partial charge is 0.257 e. The van der Waals surface area contributed by atoms with Gasteiger partial charge < -0.3 is 15.4 Å². The lowest BCUT2D eigenvalue weighted by Crippen LogP contribution is -2.14. The van der Waals surface area contributed by atoms with Gasteiger partial charge >= 0.3 is 0 Å². The Kier molecular flexibility index (Phi) is 5.87. The molecule has 0 fully saturated rings. The highest BCUT2D eigenvalue weighted by atomic mass is 35.5. The molecule has 154 valence electrons. The maximum absolute atomic E-state index is 12.9. The van der Waals surface area contributed by atoms with Crippen molar-refractivity contribution in [3.05, 3.63) is 101 Å². The second kappa shape index (κ2) is 8.90. The minimum absolute atomic E-state index is 0.230. The molecule has 0 saturated carbocycles. The molecule has 2 amide bonds. The molecule has 0 unspecified atom stereocenters. The first kappa shape index (κ1) is 20.4. The first-order chi connectivity index (χ1) is 15.1. The molecule has 0 aliphatic carbocycles. The van der Waals surface area contributed by atoms with E-state index in [1.165, 1.54) is 7.11 Å². The number of anilines is 2. The standard InChI is InChI=1S/C25H19ClN2O3/c1-31-23-15-17(13-14-22(23)28-25(30)20-10-4-5-12-21(20)26)27-24(29)19-11-6-8-16-7-2-3-9-18(16)19/h2-15H,1H3,(H,27,29)(H,28,30). The normalized spacial score (nSPS) is 10.5. The number of fused-ring (bicyclic) bond motifs is 1. The van der Waals surface area contributed by atoms with Crippen molar-refractivity contribution in [1.82, 2.24) is 0 Å². The fourth-order valence-corrected chi connectivity index (χ4v) is 3.55. The van der Waals surface area contributed by atoms with E-state index >= 15 is 0 Å². The molecule has 0 aliphatic heterocycles. The Morgan fingerprint density at radius 2 is 1.45 bits per heavy atom. The average molecular weight is 431 g/mol. The topological polar surface area (TPSA) is 67.4 Å². The van der Waals surface area contributed by atoms with E-state index in [0.717, 1.165) is 10.8 Å². The zero-order valence-corrected chi connectivity index (χ0v) is 17.4. The van der Waals surface area contributed by atoms with Crippen molar-refractivity contribution in [3.63, 3.8) is 0 Å². The Balaban J connectivity index is 1.56. The van der Waals surface area contributed by atoms with E-state index in [-0.39, 0.29) is 11.8 Å². The van der Waals surface area contributed by atoms with Gasteiger partial charge in [-0.3, -0.25) is 9.59 Å². The first-order valence-corrected chi connectivity index (χ1v) is 9.97. The van der Waals surface area contributed by atoms with E-state index < -0.39 is 0 Å². The maximum Gasteiger partial charge on any atom is 0.257 e. The lowest BCUT2D eigenvalue weighted by Gasteiger charge is -2.13. The van der Waals surface area contributed by atoms with Crippen LogP contribution in [-0.4, -0.2) is 18.9 Å². The van der Waals surface area contributed by atoms with Crippen LogP contribution in [0.4, 0.5) is 11.4 Å². The molecule has 4 rings (SSSR count). The van der Waals surface area contributed by atoms with Gasteiger partial charge in [-0.2, -0.15) is 0 Å². The molecule has 31 heavy (non-hydrogen) atoms. The molecular formula is C25H19ClN2O3. The van der Waals surface area contributed by atoms with Gasteiger partial charge in [-0.05, 0) is 41.1 Å². The Morgan fingerprint density at radius 1 is 0.774 bits per heavy atom. The summed E-state index contributed by atoms with van der Waals surface area (Å²) < 4.78 is 5.41. The summed E-state index contributed by atoms with van der Waals surface area (Å²) in [5.74, 6) is -0.167. The van der Waals surface area contributed by atoms with Gasteiger partial charge in [0.2, 0.25) is 0 Å². The van der Waals surface area contributed by atoms with Gasteiger partial charge in [0.15, 0.2) is 0 Å². The number of carbonyl (C=O) groups excluding carboxylic acids is 2. The highest BCUT2D eigenvalue weighted by Gasteiger charge is 2.15. The van der Waals surface area contributed by atoms with Gasteiger partial charge in [0.05, 0.1) is 23.4 Å². The third kappa shape index (κ3) is 4.37. The monoisotopic (exact) mass is 430 g/mol. The molecule has 4 aromatic rings. The average Bonchev–Trinajstić information content (AvgIpc) is 2.79. The number of ether oxygens (including phenoxy) is 1. The van der Waals surface area contributed by atoms with Crippen LogP contribution in [0.5, 0.6) is 5.75 Å². The summed E-state index contributed by atoms with van der Waals surface area (Å²) in [7, 11) is 1.50. The van der Waals surface area contributed by atoms with Crippen LogP contribution in [0.2, 0.25) is 5.02 Å². The largest absolute Gasteiger partial charge is 0.494 e. The van der Waals surface area contributed by atoms with Gasteiger partial charge in [0.25, 0.3) is 11.8 Å². The van der Waals surface area contributed by atoms with E-state index in [2.05, 4.69) is 10.6 Å². The summed E-state index contributed by atoms with van der Waals surface area (Å²) in [6.07, 6.45) is 0. The molecule has 5 nitrogen and oxygen atoms in total. The van der Waals surface area contributed by atoms with Crippen molar-refractivity contribution >= 4 is 45.6 Å². The Bertz CT molecular complexity index is 1280. The maximum atomic E-state index is 12.9. The number of benzene rings is 4. The van der Waals surface area contributed by atoms with E-state index in [0.29, 0.717) is 33.3 Å². The number of hydrogen-bond acceptors (Lipinski definition) is 3. The molecule has 2 N–H and O–H groups in total. The number of nitrogens with one attached hydrogen (secondary N) is 2. The SMILES string of the molecule is COc1cc(NC(=O)c2cccc3ccccc23)ccc1NC(=O)c1ccccc1Cl. The quantitative estimate of drug-likeness (QED) is 0.407. The third-order valence-electron chi connectivity index (χ3n) is 4.86. The highest BCUT2D eigenvalue weighted by molar-refractivity contribution is 6.34. The van der Waals surface area contributed by atoms with Crippen LogP contribution in [0.1, 0.15) is 20.7 Å². The predicted molar refractivity (Wildman–Crippen MR) is 124 cm³/mol.